The molecular formula is C22H27NO3S. The maximum atomic E-state index is 12.0. The predicted octanol–water partition coefficient (Wildman–Crippen LogP) is 4.44. The number of ether oxygens (including phenoxy) is 1. The zero-order chi connectivity index (χ0) is 19.9. The Bertz CT molecular complexity index is 771. The van der Waals surface area contributed by atoms with Crippen molar-refractivity contribution in [3.63, 3.8) is 0 Å². The number of aromatic nitrogens is 1. The molecule has 5 heteroatoms. The maximum absolute atomic E-state index is 12.0. The van der Waals surface area contributed by atoms with Gasteiger partial charge in [-0.05, 0) is 56.0 Å². The summed E-state index contributed by atoms with van der Waals surface area (Å²) in [5.41, 5.74) is 3.25. The van der Waals surface area contributed by atoms with Gasteiger partial charge in [0.15, 0.2) is 5.12 Å². The van der Waals surface area contributed by atoms with E-state index in [0.29, 0.717) is 13.0 Å². The van der Waals surface area contributed by atoms with E-state index in [1.807, 2.05) is 43.5 Å². The first kappa shape index (κ1) is 21.2. The predicted molar refractivity (Wildman–Crippen MR) is 110 cm³/mol. The van der Waals surface area contributed by atoms with Crippen LogP contribution in [0.3, 0.4) is 0 Å². The number of carbonyl (C=O) groups is 2. The average Bonchev–Trinajstić information content (AvgIpc) is 2.63. The number of thioether (sulfide) groups is 1. The molecule has 1 heterocycles. The first-order valence-corrected chi connectivity index (χ1v) is 10.00. The van der Waals surface area contributed by atoms with Crippen LogP contribution in [0.4, 0.5) is 0 Å². The lowest BCUT2D eigenvalue weighted by molar-refractivity contribution is -0.119. The second-order valence-electron chi connectivity index (χ2n) is 6.81. The molecule has 0 aliphatic rings. The molecule has 2 rings (SSSR count). The first-order chi connectivity index (χ1) is 12.8. The van der Waals surface area contributed by atoms with E-state index in [4.69, 9.17) is 4.74 Å². The number of nitrogens with zero attached hydrogens (tertiary/aromatic N) is 1. The van der Waals surface area contributed by atoms with Crippen molar-refractivity contribution in [3.05, 3.63) is 59.4 Å². The van der Waals surface area contributed by atoms with Crippen molar-refractivity contribution < 1.29 is 14.3 Å². The Morgan fingerprint density at radius 1 is 1.07 bits per heavy atom. The molecule has 1 aromatic heterocycles. The van der Waals surface area contributed by atoms with E-state index >= 15 is 0 Å². The Balaban J connectivity index is 1.90. The van der Waals surface area contributed by atoms with Gasteiger partial charge < -0.3 is 4.74 Å². The summed E-state index contributed by atoms with van der Waals surface area (Å²) in [4.78, 5) is 27.9. The van der Waals surface area contributed by atoms with Gasteiger partial charge in [0.2, 0.25) is 0 Å². The molecule has 0 spiro atoms. The summed E-state index contributed by atoms with van der Waals surface area (Å²) in [6.45, 7) is 7.52. The zero-order valence-electron chi connectivity index (χ0n) is 16.5. The number of aryl methyl sites for hydroxylation is 1. The van der Waals surface area contributed by atoms with Gasteiger partial charge in [-0.3, -0.25) is 14.6 Å². The van der Waals surface area contributed by atoms with E-state index < -0.39 is 4.75 Å². The van der Waals surface area contributed by atoms with Gasteiger partial charge in [-0.25, -0.2) is 0 Å². The Morgan fingerprint density at radius 2 is 1.74 bits per heavy atom. The highest BCUT2D eigenvalue weighted by Gasteiger charge is 2.32. The smallest absolute Gasteiger partial charge is 0.186 e. The summed E-state index contributed by atoms with van der Waals surface area (Å²) in [7, 11) is 0. The van der Waals surface area contributed by atoms with Crippen molar-refractivity contribution in [3.8, 4) is 5.75 Å². The highest BCUT2D eigenvalue weighted by Crippen LogP contribution is 2.31. The lowest BCUT2D eigenvalue weighted by atomic mass is 9.97. The van der Waals surface area contributed by atoms with Crippen LogP contribution in [0.2, 0.25) is 0 Å². The Kier molecular flexibility index (Phi) is 7.60. The van der Waals surface area contributed by atoms with Crippen LogP contribution in [0.15, 0.2) is 42.6 Å². The minimum atomic E-state index is -0.732. The highest BCUT2D eigenvalue weighted by atomic mass is 32.2. The van der Waals surface area contributed by atoms with Crippen LogP contribution in [-0.2, 0) is 28.9 Å². The van der Waals surface area contributed by atoms with Gasteiger partial charge in [0.05, 0.1) is 11.4 Å². The van der Waals surface area contributed by atoms with Crippen LogP contribution < -0.4 is 4.74 Å². The van der Waals surface area contributed by atoms with Crippen molar-refractivity contribution >= 4 is 22.7 Å². The number of pyridine rings is 1. The summed E-state index contributed by atoms with van der Waals surface area (Å²) in [5, 5.41) is -0.0479. The molecule has 2 aromatic rings. The van der Waals surface area contributed by atoms with Crippen molar-refractivity contribution in [1.82, 2.24) is 4.98 Å². The normalized spacial score (nSPS) is 13.0. The summed E-state index contributed by atoms with van der Waals surface area (Å²) in [5.74, 6) is 0.789. The van der Waals surface area contributed by atoms with Gasteiger partial charge in [0.1, 0.15) is 11.5 Å². The van der Waals surface area contributed by atoms with Crippen LogP contribution >= 0.6 is 11.8 Å². The van der Waals surface area contributed by atoms with E-state index in [1.54, 1.807) is 0 Å². The Morgan fingerprint density at radius 3 is 2.26 bits per heavy atom. The Labute approximate surface area is 165 Å². The first-order valence-electron chi connectivity index (χ1n) is 9.18. The molecule has 0 fully saturated rings. The van der Waals surface area contributed by atoms with Crippen LogP contribution in [0.1, 0.15) is 44.5 Å². The molecule has 0 bridgehead atoms. The molecule has 0 aliphatic carbocycles. The zero-order valence-corrected chi connectivity index (χ0v) is 17.3. The number of hydrogen-bond acceptors (Lipinski definition) is 5. The monoisotopic (exact) mass is 385 g/mol. The molecule has 1 unspecified atom stereocenters. The van der Waals surface area contributed by atoms with Crippen molar-refractivity contribution in [2.45, 2.75) is 51.7 Å². The lowest BCUT2D eigenvalue weighted by Crippen LogP contribution is -2.33. The molecule has 4 nitrogen and oxygen atoms in total. The fraction of sp³-hybridized carbons (Fsp3) is 0.409. The lowest BCUT2D eigenvalue weighted by Gasteiger charge is -2.24. The third-order valence-electron chi connectivity index (χ3n) is 4.50. The fourth-order valence-corrected chi connectivity index (χ4v) is 3.75. The molecule has 144 valence electrons. The summed E-state index contributed by atoms with van der Waals surface area (Å²) in [6, 6.07) is 11.9. The molecule has 0 saturated carbocycles. The van der Waals surface area contributed by atoms with Crippen molar-refractivity contribution in [2.75, 3.05) is 6.61 Å². The average molecular weight is 386 g/mol. The fourth-order valence-electron chi connectivity index (χ4n) is 2.73. The standard InChI is InChI=1S/C22H27NO3S/c1-5-18-6-9-20(23-15-18)12-13-26-21-10-7-19(8-11-21)14-22(4,16(2)24)27-17(3)25/h6-11,15H,5,12-14H2,1-4H3. The number of Topliss-reactive ketones (excluding diaryl/α,β-unsaturated/α-hetero) is 1. The molecular weight excluding hydrogens is 358 g/mol. The summed E-state index contributed by atoms with van der Waals surface area (Å²) < 4.78 is 5.07. The quantitative estimate of drug-likeness (QED) is 0.639. The SMILES string of the molecule is CCc1ccc(CCOc2ccc(CC(C)(SC(C)=O)C(C)=O)cc2)nc1. The second kappa shape index (κ2) is 9.70. The minimum Gasteiger partial charge on any atom is -0.493 e. The van der Waals surface area contributed by atoms with Gasteiger partial charge in [0.25, 0.3) is 0 Å². The third kappa shape index (κ3) is 6.51. The number of carbonyl (C=O) groups excluding carboxylic acids is 2. The van der Waals surface area contributed by atoms with E-state index in [2.05, 4.69) is 18.0 Å². The van der Waals surface area contributed by atoms with Gasteiger partial charge in [0, 0.05) is 25.2 Å². The van der Waals surface area contributed by atoms with Crippen LogP contribution in [0.25, 0.3) is 0 Å². The van der Waals surface area contributed by atoms with E-state index in [1.165, 1.54) is 19.4 Å². The molecule has 0 amide bonds. The molecule has 0 radical (unpaired) electrons. The molecule has 0 N–H and O–H groups in total. The number of rotatable bonds is 9. The summed E-state index contributed by atoms with van der Waals surface area (Å²) in [6.07, 6.45) is 4.17. The van der Waals surface area contributed by atoms with E-state index in [9.17, 15) is 9.59 Å². The van der Waals surface area contributed by atoms with Gasteiger partial charge in [-0.1, -0.05) is 36.9 Å². The number of hydrogen-bond donors (Lipinski definition) is 0. The van der Waals surface area contributed by atoms with Crippen molar-refractivity contribution in [2.24, 2.45) is 0 Å². The number of ketones is 1. The molecule has 1 atom stereocenters. The van der Waals surface area contributed by atoms with Gasteiger partial charge in [-0.15, -0.1) is 0 Å². The molecule has 0 saturated heterocycles. The maximum Gasteiger partial charge on any atom is 0.186 e. The highest BCUT2D eigenvalue weighted by molar-refractivity contribution is 8.15. The number of benzene rings is 1. The second-order valence-corrected chi connectivity index (χ2v) is 8.49. The topological polar surface area (TPSA) is 56.3 Å². The van der Waals surface area contributed by atoms with E-state index in [-0.39, 0.29) is 10.9 Å². The van der Waals surface area contributed by atoms with E-state index in [0.717, 1.165) is 41.6 Å². The van der Waals surface area contributed by atoms with Crippen LogP contribution in [-0.4, -0.2) is 27.2 Å². The van der Waals surface area contributed by atoms with Crippen LogP contribution in [0, 0.1) is 0 Å². The van der Waals surface area contributed by atoms with Crippen LogP contribution in [0.5, 0.6) is 5.75 Å². The largest absolute Gasteiger partial charge is 0.493 e. The van der Waals surface area contributed by atoms with Gasteiger partial charge >= 0.3 is 0 Å². The molecule has 27 heavy (non-hydrogen) atoms. The van der Waals surface area contributed by atoms with Crippen molar-refractivity contribution in [1.29, 1.82) is 0 Å². The molecule has 0 aliphatic heterocycles. The molecule has 1 aromatic carbocycles. The summed E-state index contributed by atoms with van der Waals surface area (Å²) >= 11 is 1.10. The Hall–Kier alpha value is -2.14. The third-order valence-corrected chi connectivity index (χ3v) is 5.67. The minimum absolute atomic E-state index is 0.00428. The van der Waals surface area contributed by atoms with Gasteiger partial charge in [-0.2, -0.15) is 0 Å².